The average Bonchev–Trinajstić information content (AvgIpc) is 2.91. The number of carbonyl (C=O) groups excluding carboxylic acids is 2. The first kappa shape index (κ1) is 35.8. The number of hydrogen-bond acceptors (Lipinski definition) is 12. The van der Waals surface area contributed by atoms with Crippen LogP contribution in [-0.2, 0) is 57.0 Å². The summed E-state index contributed by atoms with van der Waals surface area (Å²) in [6.07, 6.45) is 3.94. The van der Waals surface area contributed by atoms with E-state index in [1.54, 1.807) is 0 Å². The van der Waals surface area contributed by atoms with Gasteiger partial charge in [0.1, 0.15) is 12.9 Å². The molecule has 0 aliphatic heterocycles. The van der Waals surface area contributed by atoms with Gasteiger partial charge in [-0.05, 0) is 19.3 Å². The second kappa shape index (κ2) is 32.8. The molecule has 0 amide bonds. The first-order valence-corrected chi connectivity index (χ1v) is 13.0. The first-order chi connectivity index (χ1) is 18.3. The third-order valence-electron chi connectivity index (χ3n) is 4.55. The number of unbranched alkanes of at least 4 members (excludes halogenated alkanes) is 2. The summed E-state index contributed by atoms with van der Waals surface area (Å²) in [5.41, 5.74) is 0. The highest BCUT2D eigenvalue weighted by atomic mass is 16.6. The maximum atomic E-state index is 10.9. The van der Waals surface area contributed by atoms with Gasteiger partial charge in [0.2, 0.25) is 0 Å². The standard InChI is InChI=1S/C25H48O12/c1-28-25(27)5-9-31-12-14-33-16-18-35-20-22-37-24-23-36-21-19-34-17-15-32-13-11-30-8-4-2-3-7-29-10-6-26/h6H,2-5,7-24H2,1H3. The zero-order chi connectivity index (χ0) is 26.9. The summed E-state index contributed by atoms with van der Waals surface area (Å²) >= 11 is 0. The van der Waals surface area contributed by atoms with Gasteiger partial charge >= 0.3 is 5.97 Å². The lowest BCUT2D eigenvalue weighted by molar-refractivity contribution is -0.142. The zero-order valence-corrected chi connectivity index (χ0v) is 22.5. The largest absolute Gasteiger partial charge is 0.469 e. The van der Waals surface area contributed by atoms with Crippen LogP contribution in [0.3, 0.4) is 0 Å². The van der Waals surface area contributed by atoms with E-state index in [2.05, 4.69) is 4.74 Å². The van der Waals surface area contributed by atoms with Crippen LogP contribution in [0, 0.1) is 0 Å². The van der Waals surface area contributed by atoms with E-state index < -0.39 is 0 Å². The van der Waals surface area contributed by atoms with Crippen molar-refractivity contribution in [2.24, 2.45) is 0 Å². The summed E-state index contributed by atoms with van der Waals surface area (Å²) in [4.78, 5) is 21.0. The lowest BCUT2D eigenvalue weighted by Gasteiger charge is -2.08. The predicted octanol–water partition coefficient (Wildman–Crippen LogP) is 1.07. The number of rotatable bonds is 32. The second-order valence-corrected chi connectivity index (χ2v) is 7.53. The van der Waals surface area contributed by atoms with E-state index in [4.69, 9.17) is 42.6 Å². The van der Waals surface area contributed by atoms with E-state index in [0.717, 1.165) is 25.5 Å². The molecule has 0 unspecified atom stereocenters. The molecule has 0 rings (SSSR count). The van der Waals surface area contributed by atoms with Crippen molar-refractivity contribution in [3.05, 3.63) is 0 Å². The van der Waals surface area contributed by atoms with E-state index in [1.807, 2.05) is 0 Å². The molecule has 0 heterocycles. The van der Waals surface area contributed by atoms with Crippen molar-refractivity contribution < 1.29 is 57.0 Å². The van der Waals surface area contributed by atoms with Gasteiger partial charge in [0, 0.05) is 13.2 Å². The minimum absolute atomic E-state index is 0.177. The van der Waals surface area contributed by atoms with Gasteiger partial charge in [0.25, 0.3) is 0 Å². The first-order valence-electron chi connectivity index (χ1n) is 13.0. The maximum absolute atomic E-state index is 10.9. The minimum atomic E-state index is -0.285. The zero-order valence-electron chi connectivity index (χ0n) is 22.5. The number of ether oxygens (including phenoxy) is 10. The highest BCUT2D eigenvalue weighted by Gasteiger charge is 1.99. The van der Waals surface area contributed by atoms with Crippen LogP contribution >= 0.6 is 0 Å². The smallest absolute Gasteiger partial charge is 0.307 e. The van der Waals surface area contributed by atoms with Gasteiger partial charge in [0.15, 0.2) is 0 Å². The highest BCUT2D eigenvalue weighted by molar-refractivity contribution is 5.69. The molecule has 0 atom stereocenters. The Morgan fingerprint density at radius 2 is 0.784 bits per heavy atom. The summed E-state index contributed by atoms with van der Waals surface area (Å²) in [6, 6.07) is 0. The summed E-state index contributed by atoms with van der Waals surface area (Å²) in [5, 5.41) is 0. The molecule has 0 fully saturated rings. The van der Waals surface area contributed by atoms with Crippen molar-refractivity contribution in [3.8, 4) is 0 Å². The Kier molecular flexibility index (Phi) is 31.7. The van der Waals surface area contributed by atoms with E-state index in [-0.39, 0.29) is 19.0 Å². The predicted molar refractivity (Wildman–Crippen MR) is 134 cm³/mol. The van der Waals surface area contributed by atoms with Gasteiger partial charge < -0.3 is 52.2 Å². The number of esters is 1. The molecule has 0 bridgehead atoms. The number of hydrogen-bond donors (Lipinski definition) is 0. The van der Waals surface area contributed by atoms with Crippen LogP contribution in [0.5, 0.6) is 0 Å². The molecule has 0 radical (unpaired) electrons. The Morgan fingerprint density at radius 1 is 0.459 bits per heavy atom. The molecule has 0 aromatic rings. The monoisotopic (exact) mass is 540 g/mol. The van der Waals surface area contributed by atoms with Crippen molar-refractivity contribution in [3.63, 3.8) is 0 Å². The molecule has 0 spiro atoms. The number of methoxy groups -OCH3 is 1. The molecule has 0 aromatic heterocycles. The third-order valence-corrected chi connectivity index (χ3v) is 4.55. The van der Waals surface area contributed by atoms with Crippen LogP contribution in [0.4, 0.5) is 0 Å². The van der Waals surface area contributed by atoms with E-state index in [0.29, 0.717) is 112 Å². The molecular weight excluding hydrogens is 492 g/mol. The molecule has 0 aliphatic rings. The SMILES string of the molecule is COC(=O)CCOCCOCCOCCOCCOCCOCCOCCOCCCCCOCC=O. The molecule has 12 heteroatoms. The van der Waals surface area contributed by atoms with Crippen LogP contribution in [-0.4, -0.2) is 138 Å². The van der Waals surface area contributed by atoms with Gasteiger partial charge in [-0.25, -0.2) is 0 Å². The van der Waals surface area contributed by atoms with Gasteiger partial charge in [-0.15, -0.1) is 0 Å². The normalized spacial score (nSPS) is 11.2. The van der Waals surface area contributed by atoms with Crippen LogP contribution in [0.15, 0.2) is 0 Å². The molecule has 12 nitrogen and oxygen atoms in total. The van der Waals surface area contributed by atoms with E-state index in [9.17, 15) is 9.59 Å². The molecule has 220 valence electrons. The second-order valence-electron chi connectivity index (χ2n) is 7.53. The van der Waals surface area contributed by atoms with E-state index >= 15 is 0 Å². The van der Waals surface area contributed by atoms with Crippen molar-refractivity contribution in [2.45, 2.75) is 25.7 Å². The van der Waals surface area contributed by atoms with Gasteiger partial charge in [-0.1, -0.05) is 0 Å². The van der Waals surface area contributed by atoms with Crippen LogP contribution in [0.1, 0.15) is 25.7 Å². The fraction of sp³-hybridized carbons (Fsp3) is 0.920. The summed E-state index contributed by atoms with van der Waals surface area (Å²) in [5.74, 6) is -0.285. The molecular formula is C25H48O12. The number of aldehydes is 1. The third kappa shape index (κ3) is 32.8. The molecule has 0 aliphatic carbocycles. The van der Waals surface area contributed by atoms with Crippen LogP contribution < -0.4 is 0 Å². The van der Waals surface area contributed by atoms with Crippen molar-refractivity contribution >= 4 is 12.3 Å². The highest BCUT2D eigenvalue weighted by Crippen LogP contribution is 1.96. The van der Waals surface area contributed by atoms with Crippen LogP contribution in [0.2, 0.25) is 0 Å². The molecule has 0 aromatic carbocycles. The van der Waals surface area contributed by atoms with Crippen molar-refractivity contribution in [1.29, 1.82) is 0 Å². The quantitative estimate of drug-likeness (QED) is 0.0688. The fourth-order valence-corrected chi connectivity index (χ4v) is 2.62. The Hall–Kier alpha value is -1.22. The Morgan fingerprint density at radius 3 is 1.14 bits per heavy atom. The Bertz CT molecular complexity index is 467. The molecule has 0 saturated carbocycles. The van der Waals surface area contributed by atoms with Crippen molar-refractivity contribution in [2.75, 3.05) is 126 Å². The molecule has 0 N–H and O–H groups in total. The molecule has 37 heavy (non-hydrogen) atoms. The van der Waals surface area contributed by atoms with Crippen molar-refractivity contribution in [1.82, 2.24) is 0 Å². The summed E-state index contributed by atoms with van der Waals surface area (Å²) in [7, 11) is 1.35. The maximum Gasteiger partial charge on any atom is 0.307 e. The Labute approximate surface area is 221 Å². The van der Waals surface area contributed by atoms with Gasteiger partial charge in [-0.3, -0.25) is 4.79 Å². The lowest BCUT2D eigenvalue weighted by atomic mass is 10.2. The lowest BCUT2D eigenvalue weighted by Crippen LogP contribution is -2.15. The fourth-order valence-electron chi connectivity index (χ4n) is 2.62. The topological polar surface area (TPSA) is 126 Å². The molecule has 0 saturated heterocycles. The Balaban J connectivity index is 3.03. The average molecular weight is 541 g/mol. The van der Waals surface area contributed by atoms with Gasteiger partial charge in [-0.2, -0.15) is 0 Å². The summed E-state index contributed by atoms with van der Waals surface area (Å²) < 4.78 is 52.8. The number of carbonyl (C=O) groups is 2. The van der Waals surface area contributed by atoms with E-state index in [1.165, 1.54) is 7.11 Å². The minimum Gasteiger partial charge on any atom is -0.469 e. The van der Waals surface area contributed by atoms with Crippen LogP contribution in [0.25, 0.3) is 0 Å². The van der Waals surface area contributed by atoms with Gasteiger partial charge in [0.05, 0.1) is 113 Å². The summed E-state index contributed by atoms with van der Waals surface area (Å²) in [6.45, 7) is 8.84.